The van der Waals surface area contributed by atoms with Crippen LogP contribution in [0.3, 0.4) is 0 Å². The normalized spacial score (nSPS) is 10.4. The maximum absolute atomic E-state index is 11.9. The molecule has 0 atom stereocenters. The van der Waals surface area contributed by atoms with Crippen LogP contribution in [-0.2, 0) is 19.1 Å². The summed E-state index contributed by atoms with van der Waals surface area (Å²) in [5.41, 5.74) is 3.65. The number of nitrogens with one attached hydrogen (secondary N) is 2. The molecule has 9 heteroatoms. The predicted octanol–water partition coefficient (Wildman–Crippen LogP) is 2.76. The van der Waals surface area contributed by atoms with Gasteiger partial charge < -0.3 is 14.8 Å². The van der Waals surface area contributed by atoms with Gasteiger partial charge in [-0.05, 0) is 48.0 Å². The zero-order valence-electron chi connectivity index (χ0n) is 15.7. The summed E-state index contributed by atoms with van der Waals surface area (Å²) in [7, 11) is 1.28. The predicted molar refractivity (Wildman–Crippen MR) is 109 cm³/mol. The van der Waals surface area contributed by atoms with Crippen molar-refractivity contribution in [3.8, 4) is 5.75 Å². The molecule has 0 saturated heterocycles. The number of hydrogen-bond acceptors (Lipinski definition) is 6. The Morgan fingerprint density at radius 1 is 1.07 bits per heavy atom. The van der Waals surface area contributed by atoms with Crippen LogP contribution in [0, 0.1) is 0 Å². The van der Waals surface area contributed by atoms with E-state index in [0.29, 0.717) is 16.5 Å². The second-order valence-corrected chi connectivity index (χ2v) is 6.22. The Balaban J connectivity index is 1.70. The fourth-order valence-corrected chi connectivity index (χ4v) is 2.29. The van der Waals surface area contributed by atoms with Crippen LogP contribution in [0.4, 0.5) is 5.69 Å². The van der Waals surface area contributed by atoms with Crippen LogP contribution in [0.25, 0.3) is 0 Å². The Bertz CT molecular complexity index is 884. The molecule has 0 bridgehead atoms. The van der Waals surface area contributed by atoms with Gasteiger partial charge in [-0.1, -0.05) is 17.7 Å². The quantitative estimate of drug-likeness (QED) is 0.370. The summed E-state index contributed by atoms with van der Waals surface area (Å²) in [6.07, 6.45) is 1.46. The Labute approximate surface area is 172 Å². The number of rotatable bonds is 9. The zero-order valence-corrected chi connectivity index (χ0v) is 16.4. The number of ether oxygens (including phenoxy) is 2. The molecule has 0 saturated carbocycles. The third kappa shape index (κ3) is 8.44. The molecule has 8 nitrogen and oxygen atoms in total. The van der Waals surface area contributed by atoms with E-state index in [4.69, 9.17) is 16.3 Å². The highest BCUT2D eigenvalue weighted by Crippen LogP contribution is 2.15. The number of amides is 2. The Kier molecular flexibility index (Phi) is 8.65. The summed E-state index contributed by atoms with van der Waals surface area (Å²) in [5, 5.41) is 7.02. The van der Waals surface area contributed by atoms with Gasteiger partial charge in [-0.25, -0.2) is 10.2 Å². The molecule has 0 radical (unpaired) electrons. The van der Waals surface area contributed by atoms with Crippen molar-refractivity contribution in [1.29, 1.82) is 0 Å². The highest BCUT2D eigenvalue weighted by molar-refractivity contribution is 6.30. The van der Waals surface area contributed by atoms with Crippen molar-refractivity contribution in [2.45, 2.75) is 12.8 Å². The van der Waals surface area contributed by atoms with Gasteiger partial charge in [0.25, 0.3) is 0 Å². The first kappa shape index (κ1) is 21.9. The van der Waals surface area contributed by atoms with Crippen LogP contribution >= 0.6 is 11.6 Å². The van der Waals surface area contributed by atoms with Crippen molar-refractivity contribution in [2.75, 3.05) is 19.0 Å². The Morgan fingerprint density at radius 3 is 2.48 bits per heavy atom. The van der Waals surface area contributed by atoms with Gasteiger partial charge in [0.15, 0.2) is 6.61 Å². The number of carbonyl (C=O) groups excluding carboxylic acids is 3. The second-order valence-electron chi connectivity index (χ2n) is 5.79. The second kappa shape index (κ2) is 11.5. The largest absolute Gasteiger partial charge is 0.482 e. The molecule has 2 aromatic carbocycles. The van der Waals surface area contributed by atoms with Crippen molar-refractivity contribution in [3.05, 3.63) is 59.1 Å². The highest BCUT2D eigenvalue weighted by Gasteiger charge is 2.07. The molecule has 0 spiro atoms. The first-order valence-electron chi connectivity index (χ1n) is 8.63. The van der Waals surface area contributed by atoms with Crippen molar-refractivity contribution in [2.24, 2.45) is 5.10 Å². The molecule has 2 rings (SSSR count). The van der Waals surface area contributed by atoms with Crippen LogP contribution in [0.15, 0.2) is 53.6 Å². The number of halogens is 1. The summed E-state index contributed by atoms with van der Waals surface area (Å²) < 4.78 is 9.71. The van der Waals surface area contributed by atoms with Gasteiger partial charge in [-0.3, -0.25) is 9.59 Å². The standard InChI is InChI=1S/C20H20ClN3O5/c1-28-20(27)13-29-17-7-5-14(6-8-17)12-22-24-19(26)10-9-18(25)23-16-4-2-3-15(21)11-16/h2-8,11-12H,9-10,13H2,1H3,(H,23,25)(H,24,26). The number of benzene rings is 2. The van der Waals surface area contributed by atoms with Crippen molar-refractivity contribution >= 4 is 41.3 Å². The van der Waals surface area contributed by atoms with Crippen LogP contribution in [0.5, 0.6) is 5.75 Å². The van der Waals surface area contributed by atoms with Gasteiger partial charge in [0, 0.05) is 23.6 Å². The van der Waals surface area contributed by atoms with Crippen LogP contribution in [-0.4, -0.2) is 37.7 Å². The van der Waals surface area contributed by atoms with E-state index in [1.165, 1.54) is 13.3 Å². The molecule has 2 amide bonds. The van der Waals surface area contributed by atoms with Crippen molar-refractivity contribution in [1.82, 2.24) is 5.43 Å². The number of hydrogen-bond donors (Lipinski definition) is 2. The third-order valence-electron chi connectivity index (χ3n) is 3.55. The lowest BCUT2D eigenvalue weighted by Crippen LogP contribution is -2.20. The first-order valence-corrected chi connectivity index (χ1v) is 9.01. The average molecular weight is 418 g/mol. The first-order chi connectivity index (χ1) is 14.0. The molecule has 152 valence electrons. The fraction of sp³-hybridized carbons (Fsp3) is 0.200. The van der Waals surface area contributed by atoms with E-state index >= 15 is 0 Å². The van der Waals surface area contributed by atoms with E-state index in [2.05, 4.69) is 20.6 Å². The number of nitrogens with zero attached hydrogens (tertiary/aromatic N) is 1. The van der Waals surface area contributed by atoms with Gasteiger partial charge in [0.1, 0.15) is 5.75 Å². The molecule has 2 aromatic rings. The van der Waals surface area contributed by atoms with Crippen molar-refractivity contribution < 1.29 is 23.9 Å². The molecular weight excluding hydrogens is 398 g/mol. The van der Waals surface area contributed by atoms with Crippen LogP contribution in [0.2, 0.25) is 5.02 Å². The van der Waals surface area contributed by atoms with Crippen LogP contribution < -0.4 is 15.5 Å². The topological polar surface area (TPSA) is 106 Å². The minimum absolute atomic E-state index is 0.00988. The Morgan fingerprint density at radius 2 is 1.79 bits per heavy atom. The fourth-order valence-electron chi connectivity index (χ4n) is 2.10. The maximum atomic E-state index is 11.9. The minimum atomic E-state index is -0.473. The number of methoxy groups -OCH3 is 1. The summed E-state index contributed by atoms with van der Waals surface area (Å²) in [6.45, 7) is -0.176. The summed E-state index contributed by atoms with van der Waals surface area (Å²) in [4.78, 5) is 34.7. The molecule has 0 aliphatic heterocycles. The average Bonchev–Trinajstić information content (AvgIpc) is 2.71. The summed E-state index contributed by atoms with van der Waals surface area (Å²) >= 11 is 5.85. The lowest BCUT2D eigenvalue weighted by atomic mass is 10.2. The van der Waals surface area contributed by atoms with E-state index < -0.39 is 5.97 Å². The molecule has 0 aromatic heterocycles. The smallest absolute Gasteiger partial charge is 0.343 e. The van der Waals surface area contributed by atoms with Gasteiger partial charge >= 0.3 is 5.97 Å². The molecule has 0 unspecified atom stereocenters. The zero-order chi connectivity index (χ0) is 21.1. The monoisotopic (exact) mass is 417 g/mol. The number of anilines is 1. The highest BCUT2D eigenvalue weighted by atomic mass is 35.5. The van der Waals surface area contributed by atoms with Gasteiger partial charge in [-0.2, -0.15) is 5.10 Å². The Hall–Kier alpha value is -3.39. The molecule has 29 heavy (non-hydrogen) atoms. The molecule has 0 aliphatic carbocycles. The number of esters is 1. The van der Waals surface area contributed by atoms with E-state index in [-0.39, 0.29) is 31.3 Å². The maximum Gasteiger partial charge on any atom is 0.343 e. The molecular formula is C20H20ClN3O5. The van der Waals surface area contributed by atoms with E-state index in [0.717, 1.165) is 5.56 Å². The molecule has 0 aliphatic rings. The summed E-state index contributed by atoms with van der Waals surface area (Å²) in [5.74, 6) is -0.656. The van der Waals surface area contributed by atoms with Gasteiger partial charge in [0.2, 0.25) is 11.8 Å². The minimum Gasteiger partial charge on any atom is -0.482 e. The molecule has 0 heterocycles. The SMILES string of the molecule is COC(=O)COc1ccc(C=NNC(=O)CCC(=O)Nc2cccc(Cl)c2)cc1. The van der Waals surface area contributed by atoms with Crippen molar-refractivity contribution in [3.63, 3.8) is 0 Å². The number of carbonyl (C=O) groups is 3. The number of hydrazone groups is 1. The van der Waals surface area contributed by atoms with E-state index in [1.807, 2.05) is 0 Å². The van der Waals surface area contributed by atoms with Gasteiger partial charge in [0.05, 0.1) is 13.3 Å². The van der Waals surface area contributed by atoms with E-state index in [1.54, 1.807) is 48.5 Å². The lowest BCUT2D eigenvalue weighted by molar-refractivity contribution is -0.142. The molecule has 0 fully saturated rings. The summed E-state index contributed by atoms with van der Waals surface area (Å²) in [6, 6.07) is 13.5. The lowest BCUT2D eigenvalue weighted by Gasteiger charge is -2.05. The van der Waals surface area contributed by atoms with Gasteiger partial charge in [-0.15, -0.1) is 0 Å². The third-order valence-corrected chi connectivity index (χ3v) is 3.79. The van der Waals surface area contributed by atoms with Crippen LogP contribution in [0.1, 0.15) is 18.4 Å². The molecule has 2 N–H and O–H groups in total. The van der Waals surface area contributed by atoms with E-state index in [9.17, 15) is 14.4 Å².